The van der Waals surface area contributed by atoms with Crippen LogP contribution in [0.2, 0.25) is 0 Å². The SMILES string of the molecule is N#C/C(=C/Nc1ccc(S(N)(=O)=O)cc1)C(=O)Nc1cccc([N+](=O)[O-])c1. The lowest BCUT2D eigenvalue weighted by molar-refractivity contribution is -0.384. The van der Waals surface area contributed by atoms with Gasteiger partial charge in [0.15, 0.2) is 0 Å². The number of benzene rings is 2. The van der Waals surface area contributed by atoms with Gasteiger partial charge in [-0.1, -0.05) is 6.07 Å². The number of non-ortho nitro benzene ring substituents is 1. The molecular formula is C16H13N5O5S. The van der Waals surface area contributed by atoms with Crippen LogP contribution in [0.1, 0.15) is 0 Å². The molecule has 1 amide bonds. The molecule has 27 heavy (non-hydrogen) atoms. The highest BCUT2D eigenvalue weighted by Gasteiger charge is 2.12. The van der Waals surface area contributed by atoms with E-state index < -0.39 is 20.9 Å². The predicted molar refractivity (Wildman–Crippen MR) is 96.9 cm³/mol. The lowest BCUT2D eigenvalue weighted by atomic mass is 10.2. The Bertz CT molecular complexity index is 1060. The van der Waals surface area contributed by atoms with Crippen molar-refractivity contribution in [2.75, 3.05) is 10.6 Å². The molecule has 0 aliphatic carbocycles. The summed E-state index contributed by atoms with van der Waals surface area (Å²) < 4.78 is 22.4. The lowest BCUT2D eigenvalue weighted by Crippen LogP contribution is -2.14. The molecule has 4 N–H and O–H groups in total. The molecule has 2 aromatic carbocycles. The minimum absolute atomic E-state index is 0.0825. The van der Waals surface area contributed by atoms with Crippen LogP contribution in [0, 0.1) is 21.4 Å². The molecule has 0 fully saturated rings. The summed E-state index contributed by atoms with van der Waals surface area (Å²) in [6.07, 6.45) is 1.12. The van der Waals surface area contributed by atoms with E-state index in [1.165, 1.54) is 42.5 Å². The van der Waals surface area contributed by atoms with Crippen molar-refractivity contribution in [2.24, 2.45) is 5.14 Å². The second kappa shape index (κ2) is 8.09. The van der Waals surface area contributed by atoms with Crippen molar-refractivity contribution >= 4 is 33.0 Å². The largest absolute Gasteiger partial charge is 0.360 e. The molecule has 0 unspecified atom stereocenters. The molecule has 2 rings (SSSR count). The second-order valence-electron chi connectivity index (χ2n) is 5.15. The Morgan fingerprint density at radius 3 is 2.41 bits per heavy atom. The molecule has 0 atom stereocenters. The molecule has 2 aromatic rings. The Labute approximate surface area is 154 Å². The fourth-order valence-electron chi connectivity index (χ4n) is 1.94. The summed E-state index contributed by atoms with van der Waals surface area (Å²) in [7, 11) is -3.82. The molecule has 0 heterocycles. The van der Waals surface area contributed by atoms with Gasteiger partial charge in [-0.3, -0.25) is 14.9 Å². The van der Waals surface area contributed by atoms with Gasteiger partial charge in [0.2, 0.25) is 10.0 Å². The molecule has 0 radical (unpaired) electrons. The number of carbonyl (C=O) groups excluding carboxylic acids is 1. The standard InChI is InChI=1S/C16H13N5O5S/c17-9-11(10-19-12-4-6-15(7-5-12)27(18,25)26)16(22)20-13-2-1-3-14(8-13)21(23)24/h1-8,10,19H,(H,20,22)(H2,18,25,26)/b11-10-. The Balaban J connectivity index is 2.11. The van der Waals surface area contributed by atoms with Crippen LogP contribution in [-0.2, 0) is 14.8 Å². The number of primary sulfonamides is 1. The first-order valence-electron chi connectivity index (χ1n) is 7.26. The van der Waals surface area contributed by atoms with Crippen molar-refractivity contribution < 1.29 is 18.1 Å². The van der Waals surface area contributed by atoms with Crippen molar-refractivity contribution in [3.8, 4) is 6.07 Å². The number of nitriles is 1. The maximum absolute atomic E-state index is 12.1. The fourth-order valence-corrected chi connectivity index (χ4v) is 2.46. The highest BCUT2D eigenvalue weighted by atomic mass is 32.2. The van der Waals surface area contributed by atoms with Gasteiger partial charge in [-0.15, -0.1) is 0 Å². The molecule has 0 aliphatic rings. The van der Waals surface area contributed by atoms with E-state index in [9.17, 15) is 23.3 Å². The van der Waals surface area contributed by atoms with E-state index in [4.69, 9.17) is 10.4 Å². The normalized spacial score (nSPS) is 11.3. The average Bonchev–Trinajstić information content (AvgIpc) is 2.62. The molecule has 138 valence electrons. The predicted octanol–water partition coefficient (Wildman–Crippen LogP) is 1.70. The number of carbonyl (C=O) groups is 1. The lowest BCUT2D eigenvalue weighted by Gasteiger charge is -2.06. The van der Waals surface area contributed by atoms with Crippen LogP contribution in [0.5, 0.6) is 0 Å². The molecule has 0 bridgehead atoms. The number of nitrogens with one attached hydrogen (secondary N) is 2. The number of hydrogen-bond acceptors (Lipinski definition) is 7. The molecule has 0 spiro atoms. The van der Waals surface area contributed by atoms with E-state index in [1.807, 2.05) is 0 Å². The summed E-state index contributed by atoms with van der Waals surface area (Å²) in [6, 6.07) is 12.3. The first-order valence-corrected chi connectivity index (χ1v) is 8.81. The molecule has 0 aromatic heterocycles. The maximum Gasteiger partial charge on any atom is 0.271 e. The Hall–Kier alpha value is -3.75. The number of nitro benzene ring substituents is 1. The van der Waals surface area contributed by atoms with Gasteiger partial charge >= 0.3 is 0 Å². The Morgan fingerprint density at radius 1 is 1.19 bits per heavy atom. The smallest absolute Gasteiger partial charge is 0.271 e. The van der Waals surface area contributed by atoms with Crippen molar-refractivity contribution in [2.45, 2.75) is 4.90 Å². The monoisotopic (exact) mass is 387 g/mol. The molecular weight excluding hydrogens is 374 g/mol. The molecule has 0 saturated carbocycles. The molecule has 11 heteroatoms. The van der Waals surface area contributed by atoms with Crippen LogP contribution in [-0.4, -0.2) is 19.2 Å². The van der Waals surface area contributed by atoms with E-state index in [-0.39, 0.29) is 21.8 Å². The zero-order valence-electron chi connectivity index (χ0n) is 13.6. The third-order valence-electron chi connectivity index (χ3n) is 3.25. The number of anilines is 2. The van der Waals surface area contributed by atoms with Crippen molar-refractivity contribution in [1.82, 2.24) is 0 Å². The number of sulfonamides is 1. The van der Waals surface area contributed by atoms with Gasteiger partial charge in [0.1, 0.15) is 11.6 Å². The summed E-state index contributed by atoms with van der Waals surface area (Å²) in [5, 5.41) is 29.9. The minimum atomic E-state index is -3.82. The van der Waals surface area contributed by atoms with Gasteiger partial charge in [0.05, 0.1) is 9.82 Å². The third kappa shape index (κ3) is 5.36. The molecule has 10 nitrogen and oxygen atoms in total. The molecule has 0 saturated heterocycles. The number of rotatable bonds is 6. The van der Waals surface area contributed by atoms with Crippen molar-refractivity contribution in [3.05, 3.63) is 70.4 Å². The van der Waals surface area contributed by atoms with Crippen LogP contribution >= 0.6 is 0 Å². The Kier molecular flexibility index (Phi) is 5.86. The third-order valence-corrected chi connectivity index (χ3v) is 4.18. The van der Waals surface area contributed by atoms with E-state index in [0.717, 1.165) is 12.3 Å². The number of amides is 1. The summed E-state index contributed by atoms with van der Waals surface area (Å²) >= 11 is 0. The van der Waals surface area contributed by atoms with Crippen molar-refractivity contribution in [1.29, 1.82) is 5.26 Å². The highest BCUT2D eigenvalue weighted by molar-refractivity contribution is 7.89. The number of hydrogen-bond donors (Lipinski definition) is 3. The summed E-state index contributed by atoms with van der Waals surface area (Å²) in [5.41, 5.74) is 0.0755. The second-order valence-corrected chi connectivity index (χ2v) is 6.71. The number of nitrogens with two attached hydrogens (primary N) is 1. The highest BCUT2D eigenvalue weighted by Crippen LogP contribution is 2.18. The minimum Gasteiger partial charge on any atom is -0.360 e. The summed E-state index contributed by atoms with van der Waals surface area (Å²) in [4.78, 5) is 22.2. The average molecular weight is 387 g/mol. The van der Waals surface area contributed by atoms with Gasteiger partial charge < -0.3 is 10.6 Å². The van der Waals surface area contributed by atoms with Gasteiger partial charge in [-0.2, -0.15) is 5.26 Å². The first-order chi connectivity index (χ1) is 12.7. The number of nitrogens with zero attached hydrogens (tertiary/aromatic N) is 2. The molecule has 0 aliphatic heterocycles. The van der Waals surface area contributed by atoms with Crippen LogP contribution in [0.25, 0.3) is 0 Å². The van der Waals surface area contributed by atoms with E-state index in [1.54, 1.807) is 6.07 Å². The zero-order chi connectivity index (χ0) is 20.0. The van der Waals surface area contributed by atoms with Gasteiger partial charge in [0.25, 0.3) is 11.6 Å². The van der Waals surface area contributed by atoms with Gasteiger partial charge in [-0.05, 0) is 30.3 Å². The van der Waals surface area contributed by atoms with E-state index >= 15 is 0 Å². The summed E-state index contributed by atoms with van der Waals surface area (Å²) in [5.74, 6) is -0.772. The van der Waals surface area contributed by atoms with E-state index in [0.29, 0.717) is 5.69 Å². The summed E-state index contributed by atoms with van der Waals surface area (Å²) in [6.45, 7) is 0. The van der Waals surface area contributed by atoms with Gasteiger partial charge in [-0.25, -0.2) is 13.6 Å². The van der Waals surface area contributed by atoms with Crippen LogP contribution in [0.15, 0.2) is 65.2 Å². The van der Waals surface area contributed by atoms with Crippen molar-refractivity contribution in [3.63, 3.8) is 0 Å². The van der Waals surface area contributed by atoms with Crippen LogP contribution in [0.4, 0.5) is 17.1 Å². The zero-order valence-corrected chi connectivity index (χ0v) is 14.4. The topological polar surface area (TPSA) is 168 Å². The quantitative estimate of drug-likeness (QED) is 0.293. The Morgan fingerprint density at radius 2 is 1.85 bits per heavy atom. The maximum atomic E-state index is 12.1. The first kappa shape index (κ1) is 19.6. The van der Waals surface area contributed by atoms with E-state index in [2.05, 4.69) is 10.6 Å². The van der Waals surface area contributed by atoms with Crippen LogP contribution in [0.3, 0.4) is 0 Å². The number of nitro groups is 1. The van der Waals surface area contributed by atoms with Crippen LogP contribution < -0.4 is 15.8 Å². The fraction of sp³-hybridized carbons (Fsp3) is 0. The van der Waals surface area contributed by atoms with Gasteiger partial charge in [0, 0.05) is 29.7 Å².